The molecule has 0 radical (unpaired) electrons. The summed E-state index contributed by atoms with van der Waals surface area (Å²) in [6.45, 7) is 0. The first kappa shape index (κ1) is 23.5. The molecule has 0 aliphatic carbocycles. The van der Waals surface area contributed by atoms with Gasteiger partial charge in [-0.15, -0.1) is 0 Å². The smallest absolute Gasteiger partial charge is 0.222 e. The fourth-order valence-electron chi connectivity index (χ4n) is 2.67. The maximum absolute atomic E-state index is 15.1. The number of halogens is 5. The van der Waals surface area contributed by atoms with Crippen LogP contribution in [0.5, 0.6) is 11.5 Å². The molecule has 0 atom stereocenters. The Kier molecular flexibility index (Phi) is 7.31. The van der Waals surface area contributed by atoms with Crippen molar-refractivity contribution in [2.24, 2.45) is 0 Å². The highest BCUT2D eigenvalue weighted by Crippen LogP contribution is 2.35. The first-order valence-corrected chi connectivity index (χ1v) is 9.96. The molecule has 162 valence electrons. The quantitative estimate of drug-likeness (QED) is 0.291. The zero-order valence-electron chi connectivity index (χ0n) is 16.0. The Labute approximate surface area is 196 Å². The van der Waals surface area contributed by atoms with Gasteiger partial charge in [-0.2, -0.15) is 5.26 Å². The van der Waals surface area contributed by atoms with Gasteiger partial charge >= 0.3 is 0 Å². The lowest BCUT2D eigenvalue weighted by Crippen LogP contribution is -2.15. The Bertz CT molecular complexity index is 1280. The van der Waals surface area contributed by atoms with Crippen LogP contribution in [-0.2, 0) is 11.2 Å². The lowest BCUT2D eigenvalue weighted by atomic mass is 10.1. The van der Waals surface area contributed by atoms with Gasteiger partial charge in [0.2, 0.25) is 5.90 Å². The average Bonchev–Trinajstić information content (AvgIpc) is 2.74. The number of rotatable bonds is 5. The molecule has 0 aromatic heterocycles. The Balaban J connectivity index is 1.80. The Morgan fingerprint density at radius 1 is 1.03 bits per heavy atom. The van der Waals surface area contributed by atoms with Crippen LogP contribution in [0.25, 0.3) is 0 Å². The second-order valence-corrected chi connectivity index (χ2v) is 7.59. The summed E-state index contributed by atoms with van der Waals surface area (Å²) in [6, 6.07) is 12.6. The third-order valence-corrected chi connectivity index (χ3v) is 5.02. The SMILES string of the molecule is N#Cc1cc(Cl)cc(Oc2c(Cl)ccc(CC(=N)OC(=N)c3cccc(F)c3Cl)c2F)c1. The van der Waals surface area contributed by atoms with E-state index in [-0.39, 0.29) is 49.7 Å². The molecular formula is C22H12Cl3F2N3O2. The lowest BCUT2D eigenvalue weighted by Gasteiger charge is -2.13. The maximum atomic E-state index is 15.1. The molecule has 32 heavy (non-hydrogen) atoms. The van der Waals surface area contributed by atoms with Crippen molar-refractivity contribution in [1.29, 1.82) is 16.1 Å². The van der Waals surface area contributed by atoms with Crippen LogP contribution in [0.3, 0.4) is 0 Å². The average molecular weight is 495 g/mol. The number of nitriles is 1. The van der Waals surface area contributed by atoms with Crippen molar-refractivity contribution < 1.29 is 18.3 Å². The highest BCUT2D eigenvalue weighted by molar-refractivity contribution is 6.34. The molecule has 3 aromatic carbocycles. The number of benzene rings is 3. The largest absolute Gasteiger partial charge is 0.453 e. The fraction of sp³-hybridized carbons (Fsp3) is 0.0455. The van der Waals surface area contributed by atoms with E-state index >= 15 is 4.39 Å². The van der Waals surface area contributed by atoms with E-state index in [0.717, 1.165) is 6.07 Å². The minimum atomic E-state index is -0.861. The predicted molar refractivity (Wildman–Crippen MR) is 118 cm³/mol. The van der Waals surface area contributed by atoms with Crippen LogP contribution in [0, 0.1) is 33.8 Å². The van der Waals surface area contributed by atoms with Gasteiger partial charge in [-0.05, 0) is 36.4 Å². The number of hydrogen-bond donors (Lipinski definition) is 2. The number of hydrogen-bond acceptors (Lipinski definition) is 5. The van der Waals surface area contributed by atoms with Gasteiger partial charge in [0.1, 0.15) is 11.6 Å². The number of nitrogens with zero attached hydrogens (tertiary/aromatic N) is 1. The van der Waals surface area contributed by atoms with Gasteiger partial charge in [-0.3, -0.25) is 10.8 Å². The Hall–Kier alpha value is -3.18. The topological polar surface area (TPSA) is 89.9 Å². The van der Waals surface area contributed by atoms with Crippen molar-refractivity contribution in [2.75, 3.05) is 0 Å². The van der Waals surface area contributed by atoms with Crippen molar-refractivity contribution >= 4 is 46.6 Å². The molecule has 0 aliphatic rings. The van der Waals surface area contributed by atoms with E-state index < -0.39 is 23.4 Å². The highest BCUT2D eigenvalue weighted by atomic mass is 35.5. The molecule has 0 aliphatic heterocycles. The number of ether oxygens (including phenoxy) is 2. The summed E-state index contributed by atoms with van der Waals surface area (Å²) in [5.41, 5.74) is 0.159. The van der Waals surface area contributed by atoms with Crippen molar-refractivity contribution in [3.63, 3.8) is 0 Å². The van der Waals surface area contributed by atoms with E-state index in [1.165, 1.54) is 42.5 Å². The van der Waals surface area contributed by atoms with Crippen LogP contribution in [0.2, 0.25) is 15.1 Å². The molecular weight excluding hydrogens is 483 g/mol. The van der Waals surface area contributed by atoms with E-state index in [1.54, 1.807) is 0 Å². The summed E-state index contributed by atoms with van der Waals surface area (Å²) in [4.78, 5) is 0. The van der Waals surface area contributed by atoms with Crippen LogP contribution in [0.4, 0.5) is 8.78 Å². The fourth-order valence-corrected chi connectivity index (χ4v) is 3.30. The molecule has 0 fully saturated rings. The Morgan fingerprint density at radius 3 is 2.50 bits per heavy atom. The van der Waals surface area contributed by atoms with E-state index in [4.69, 9.17) is 60.4 Å². The van der Waals surface area contributed by atoms with Gasteiger partial charge in [-0.1, -0.05) is 46.9 Å². The molecule has 0 saturated heterocycles. The standard InChI is InChI=1S/C22H12Cl3F2N3O2/c23-13-6-11(10-28)7-14(9-13)31-21-16(24)5-4-12(20(21)27)8-18(29)32-22(30)15-2-1-3-17(26)19(15)25/h1-7,9,29-30H,8H2. The van der Waals surface area contributed by atoms with E-state index in [0.29, 0.717) is 0 Å². The van der Waals surface area contributed by atoms with Gasteiger partial charge in [0, 0.05) is 10.6 Å². The lowest BCUT2D eigenvalue weighted by molar-refractivity contribution is 0.438. The van der Waals surface area contributed by atoms with Crippen molar-refractivity contribution in [1.82, 2.24) is 0 Å². The van der Waals surface area contributed by atoms with Gasteiger partial charge < -0.3 is 9.47 Å². The van der Waals surface area contributed by atoms with Crippen LogP contribution in [0.1, 0.15) is 16.7 Å². The van der Waals surface area contributed by atoms with Crippen LogP contribution in [-0.4, -0.2) is 11.8 Å². The first-order valence-electron chi connectivity index (χ1n) is 8.83. The zero-order valence-corrected chi connectivity index (χ0v) is 18.2. The van der Waals surface area contributed by atoms with Crippen molar-refractivity contribution in [3.05, 3.63) is 91.9 Å². The summed E-state index contributed by atoms with van der Waals surface area (Å²) in [7, 11) is 0. The molecule has 3 rings (SSSR count). The van der Waals surface area contributed by atoms with Crippen LogP contribution >= 0.6 is 34.8 Å². The number of nitrogens with one attached hydrogen (secondary N) is 2. The second kappa shape index (κ2) is 9.96. The molecule has 0 saturated carbocycles. The van der Waals surface area contributed by atoms with E-state index in [9.17, 15) is 4.39 Å². The third-order valence-electron chi connectivity index (χ3n) is 4.12. The monoisotopic (exact) mass is 493 g/mol. The van der Waals surface area contributed by atoms with Gasteiger partial charge in [0.15, 0.2) is 17.5 Å². The third kappa shape index (κ3) is 5.35. The molecule has 0 spiro atoms. The summed E-state index contributed by atoms with van der Waals surface area (Å²) < 4.78 is 39.2. The van der Waals surface area contributed by atoms with Crippen LogP contribution < -0.4 is 4.74 Å². The highest BCUT2D eigenvalue weighted by Gasteiger charge is 2.19. The molecule has 5 nitrogen and oxygen atoms in total. The molecule has 0 amide bonds. The second-order valence-electron chi connectivity index (χ2n) is 6.37. The zero-order chi connectivity index (χ0) is 23.4. The molecule has 3 aromatic rings. The maximum Gasteiger partial charge on any atom is 0.222 e. The van der Waals surface area contributed by atoms with Gasteiger partial charge in [0.05, 0.1) is 33.7 Å². The van der Waals surface area contributed by atoms with Crippen LogP contribution in [0.15, 0.2) is 48.5 Å². The minimum Gasteiger partial charge on any atom is -0.453 e. The normalized spacial score (nSPS) is 10.4. The minimum absolute atomic E-state index is 0.00456. The molecule has 2 N–H and O–H groups in total. The molecule has 0 heterocycles. The van der Waals surface area contributed by atoms with E-state index in [1.807, 2.05) is 6.07 Å². The van der Waals surface area contributed by atoms with Gasteiger partial charge in [0.25, 0.3) is 0 Å². The summed E-state index contributed by atoms with van der Waals surface area (Å²) >= 11 is 17.8. The van der Waals surface area contributed by atoms with Gasteiger partial charge in [-0.25, -0.2) is 8.78 Å². The summed E-state index contributed by atoms with van der Waals surface area (Å²) in [6.07, 6.45) is -0.354. The van der Waals surface area contributed by atoms with Crippen molar-refractivity contribution in [2.45, 2.75) is 6.42 Å². The predicted octanol–water partition coefficient (Wildman–Crippen LogP) is 7.15. The Morgan fingerprint density at radius 2 is 1.78 bits per heavy atom. The summed E-state index contributed by atoms with van der Waals surface area (Å²) in [5.74, 6) is -2.88. The molecule has 0 bridgehead atoms. The molecule has 10 heteroatoms. The summed E-state index contributed by atoms with van der Waals surface area (Å²) in [5, 5.41) is 24.8. The van der Waals surface area contributed by atoms with E-state index in [2.05, 4.69) is 0 Å². The molecule has 0 unspecified atom stereocenters. The first-order chi connectivity index (χ1) is 15.2. The van der Waals surface area contributed by atoms with Crippen molar-refractivity contribution in [3.8, 4) is 17.6 Å².